The van der Waals surface area contributed by atoms with Gasteiger partial charge < -0.3 is 9.64 Å². The first-order valence-corrected chi connectivity index (χ1v) is 8.97. The van der Waals surface area contributed by atoms with Crippen LogP contribution < -0.4 is 0 Å². The number of benzene rings is 1. The third-order valence-electron chi connectivity index (χ3n) is 4.71. The Balaban J connectivity index is 2.25. The van der Waals surface area contributed by atoms with Crippen LogP contribution in [0.5, 0.6) is 0 Å². The average Bonchev–Trinajstić information content (AvgIpc) is 2.63. The fraction of sp³-hybridized carbons (Fsp3) is 0.409. The van der Waals surface area contributed by atoms with Crippen molar-refractivity contribution in [2.24, 2.45) is 5.92 Å². The summed E-state index contributed by atoms with van der Waals surface area (Å²) in [6.07, 6.45) is 4.07. The Morgan fingerprint density at radius 3 is 2.20 bits per heavy atom. The molecule has 0 N–H and O–H groups in total. The molecule has 0 bridgehead atoms. The molecule has 0 atom stereocenters. The van der Waals surface area contributed by atoms with Crippen molar-refractivity contribution in [2.75, 3.05) is 26.3 Å². The van der Waals surface area contributed by atoms with Crippen LogP contribution in [0.25, 0.3) is 5.57 Å². The zero-order valence-electron chi connectivity index (χ0n) is 15.8. The molecule has 2 rings (SSSR count). The summed E-state index contributed by atoms with van der Waals surface area (Å²) < 4.78 is 5.31. The molecule has 1 aliphatic heterocycles. The van der Waals surface area contributed by atoms with Crippen molar-refractivity contribution in [2.45, 2.75) is 27.7 Å². The summed E-state index contributed by atoms with van der Waals surface area (Å²) >= 11 is 0. The van der Waals surface area contributed by atoms with Crippen LogP contribution in [-0.2, 0) is 4.74 Å². The van der Waals surface area contributed by atoms with Crippen LogP contribution in [0.1, 0.15) is 43.6 Å². The smallest absolute Gasteiger partial charge is 0.254 e. The lowest BCUT2D eigenvalue weighted by molar-refractivity contribution is 0.0303. The second-order valence-corrected chi connectivity index (χ2v) is 6.62. The van der Waals surface area contributed by atoms with Gasteiger partial charge in [-0.05, 0) is 54.2 Å². The molecular formula is C22H29NO2. The third kappa shape index (κ3) is 4.49. The molecule has 3 nitrogen and oxygen atoms in total. The first-order chi connectivity index (χ1) is 12.0. The molecule has 1 heterocycles. The van der Waals surface area contributed by atoms with Crippen molar-refractivity contribution in [3.8, 4) is 0 Å². The number of amides is 1. The van der Waals surface area contributed by atoms with E-state index in [2.05, 4.69) is 33.4 Å². The minimum atomic E-state index is 0.0816. The first-order valence-electron chi connectivity index (χ1n) is 8.97. The molecule has 3 heteroatoms. The van der Waals surface area contributed by atoms with Gasteiger partial charge in [-0.3, -0.25) is 4.79 Å². The molecule has 0 radical (unpaired) electrons. The lowest BCUT2D eigenvalue weighted by atomic mass is 9.89. The van der Waals surface area contributed by atoms with Gasteiger partial charge in [0, 0.05) is 18.7 Å². The topological polar surface area (TPSA) is 29.5 Å². The molecule has 0 spiro atoms. The highest BCUT2D eigenvalue weighted by molar-refractivity contribution is 5.95. The van der Waals surface area contributed by atoms with Gasteiger partial charge in [-0.15, -0.1) is 0 Å². The average molecular weight is 339 g/mol. The van der Waals surface area contributed by atoms with E-state index in [0.717, 1.165) is 11.1 Å². The molecule has 1 aliphatic rings. The number of carbonyl (C=O) groups excluding carboxylic acids is 1. The van der Waals surface area contributed by atoms with Gasteiger partial charge >= 0.3 is 0 Å². The maximum Gasteiger partial charge on any atom is 0.254 e. The minimum Gasteiger partial charge on any atom is -0.378 e. The van der Waals surface area contributed by atoms with E-state index >= 15 is 0 Å². The standard InChI is InChI=1S/C22H29NO2/c1-6-20(16(3)4)17(5)21(7-2)18-8-10-19(11-9-18)22(24)23-12-14-25-15-13-23/h6-11,16H,1,12-15H2,2-5H3/b20-17+,21-7-. The predicted octanol–water partition coefficient (Wildman–Crippen LogP) is 4.72. The number of allylic oxidation sites excluding steroid dienone is 5. The van der Waals surface area contributed by atoms with Crippen molar-refractivity contribution >= 4 is 11.5 Å². The summed E-state index contributed by atoms with van der Waals surface area (Å²) in [7, 11) is 0. The van der Waals surface area contributed by atoms with Gasteiger partial charge in [0.15, 0.2) is 0 Å². The van der Waals surface area contributed by atoms with E-state index in [-0.39, 0.29) is 5.91 Å². The Kier molecular flexibility index (Phi) is 6.77. The normalized spacial score (nSPS) is 16.7. The molecule has 1 aromatic rings. The van der Waals surface area contributed by atoms with Crippen LogP contribution in [0, 0.1) is 5.92 Å². The quantitative estimate of drug-likeness (QED) is 0.726. The fourth-order valence-corrected chi connectivity index (χ4v) is 3.32. The van der Waals surface area contributed by atoms with Gasteiger partial charge in [-0.25, -0.2) is 0 Å². The van der Waals surface area contributed by atoms with Crippen LogP contribution >= 0.6 is 0 Å². The van der Waals surface area contributed by atoms with Crippen LogP contribution in [0.15, 0.2) is 54.1 Å². The van der Waals surface area contributed by atoms with Crippen LogP contribution in [0.2, 0.25) is 0 Å². The van der Waals surface area contributed by atoms with E-state index in [1.807, 2.05) is 42.2 Å². The molecule has 1 amide bonds. The molecule has 1 fully saturated rings. The van der Waals surface area contributed by atoms with Gasteiger partial charge in [0.05, 0.1) is 13.2 Å². The SMILES string of the molecule is C=C/C(=C(C)\C(=C\C)c1ccc(C(=O)N2CCOCC2)cc1)C(C)C. The summed E-state index contributed by atoms with van der Waals surface area (Å²) in [6, 6.07) is 7.92. The van der Waals surface area contributed by atoms with E-state index in [4.69, 9.17) is 4.74 Å². The molecule has 0 aromatic heterocycles. The fourth-order valence-electron chi connectivity index (χ4n) is 3.32. The van der Waals surface area contributed by atoms with Crippen molar-refractivity contribution in [3.05, 3.63) is 65.3 Å². The number of hydrogen-bond acceptors (Lipinski definition) is 2. The van der Waals surface area contributed by atoms with Gasteiger partial charge in [-0.2, -0.15) is 0 Å². The Morgan fingerprint density at radius 1 is 1.16 bits per heavy atom. The van der Waals surface area contributed by atoms with Crippen LogP contribution in [-0.4, -0.2) is 37.1 Å². The van der Waals surface area contributed by atoms with Crippen molar-refractivity contribution < 1.29 is 9.53 Å². The third-order valence-corrected chi connectivity index (χ3v) is 4.71. The molecule has 0 unspecified atom stereocenters. The Hall–Kier alpha value is -2.13. The lowest BCUT2D eigenvalue weighted by Gasteiger charge is -2.27. The highest BCUT2D eigenvalue weighted by atomic mass is 16.5. The molecule has 1 aromatic carbocycles. The Labute approximate surface area is 151 Å². The van der Waals surface area contributed by atoms with E-state index in [0.29, 0.717) is 32.2 Å². The molecule has 25 heavy (non-hydrogen) atoms. The van der Waals surface area contributed by atoms with E-state index < -0.39 is 0 Å². The predicted molar refractivity (Wildman–Crippen MR) is 105 cm³/mol. The molecule has 0 aliphatic carbocycles. The second kappa shape index (κ2) is 8.82. The zero-order valence-corrected chi connectivity index (χ0v) is 15.8. The van der Waals surface area contributed by atoms with E-state index in [1.165, 1.54) is 16.7 Å². The second-order valence-electron chi connectivity index (χ2n) is 6.62. The molecule has 0 saturated carbocycles. The number of rotatable bonds is 5. The monoisotopic (exact) mass is 339 g/mol. The maximum absolute atomic E-state index is 12.6. The summed E-state index contributed by atoms with van der Waals surface area (Å²) in [5.74, 6) is 0.507. The van der Waals surface area contributed by atoms with E-state index in [9.17, 15) is 4.79 Å². The number of hydrogen-bond donors (Lipinski definition) is 0. The number of carbonyl (C=O) groups is 1. The van der Waals surface area contributed by atoms with Crippen molar-refractivity contribution in [1.82, 2.24) is 4.90 Å². The summed E-state index contributed by atoms with van der Waals surface area (Å²) in [5.41, 5.74) is 5.53. The first kappa shape index (κ1) is 19.2. The Morgan fingerprint density at radius 2 is 1.72 bits per heavy atom. The highest BCUT2D eigenvalue weighted by Crippen LogP contribution is 2.29. The lowest BCUT2D eigenvalue weighted by Crippen LogP contribution is -2.40. The summed E-state index contributed by atoms with van der Waals surface area (Å²) in [4.78, 5) is 14.4. The van der Waals surface area contributed by atoms with Gasteiger partial charge in [-0.1, -0.05) is 44.7 Å². The highest BCUT2D eigenvalue weighted by Gasteiger charge is 2.18. The van der Waals surface area contributed by atoms with Gasteiger partial charge in [0.25, 0.3) is 5.91 Å². The maximum atomic E-state index is 12.6. The van der Waals surface area contributed by atoms with Crippen LogP contribution in [0.3, 0.4) is 0 Å². The molecule has 1 saturated heterocycles. The van der Waals surface area contributed by atoms with Gasteiger partial charge in [0.2, 0.25) is 0 Å². The van der Waals surface area contributed by atoms with E-state index in [1.54, 1.807) is 0 Å². The largest absolute Gasteiger partial charge is 0.378 e. The molecular weight excluding hydrogens is 310 g/mol. The summed E-state index contributed by atoms with van der Waals surface area (Å²) in [6.45, 7) is 15.1. The minimum absolute atomic E-state index is 0.0816. The number of morpholine rings is 1. The van der Waals surface area contributed by atoms with Crippen LogP contribution in [0.4, 0.5) is 0 Å². The number of ether oxygens (including phenoxy) is 1. The van der Waals surface area contributed by atoms with Crippen molar-refractivity contribution in [1.29, 1.82) is 0 Å². The van der Waals surface area contributed by atoms with Gasteiger partial charge in [0.1, 0.15) is 0 Å². The molecule has 134 valence electrons. The number of nitrogens with zero attached hydrogens (tertiary/aromatic N) is 1. The summed E-state index contributed by atoms with van der Waals surface area (Å²) in [5, 5.41) is 0. The van der Waals surface area contributed by atoms with Crippen molar-refractivity contribution in [3.63, 3.8) is 0 Å². The zero-order chi connectivity index (χ0) is 18.4. The Bertz CT molecular complexity index is 674.